The van der Waals surface area contributed by atoms with Crippen LogP contribution in [0.1, 0.15) is 33.6 Å². The van der Waals surface area contributed by atoms with Crippen LogP contribution >= 0.6 is 0 Å². The summed E-state index contributed by atoms with van der Waals surface area (Å²) in [6, 6.07) is 10.7. The van der Waals surface area contributed by atoms with Crippen molar-refractivity contribution in [2.45, 2.75) is 44.4 Å². The lowest BCUT2D eigenvalue weighted by atomic mass is 10.1. The van der Waals surface area contributed by atoms with Crippen LogP contribution in [0.2, 0.25) is 0 Å². The second kappa shape index (κ2) is 8.75. The highest BCUT2D eigenvalue weighted by Gasteiger charge is 2.28. The van der Waals surface area contributed by atoms with Crippen molar-refractivity contribution in [3.05, 3.63) is 30.3 Å². The molecule has 1 heterocycles. The van der Waals surface area contributed by atoms with Crippen LogP contribution < -0.4 is 15.5 Å². The standard InChI is InChI=1S/C19H32N4O2S/c1-19(2,3)26(24,25)14-12-21-18(20-4)22-16-9-8-13-23(15-16)17-10-6-5-7-11-17/h5-7,10-11,16H,8-9,12-15H2,1-4H3,(H2,20,21,22). The molecule has 1 fully saturated rings. The molecule has 2 N–H and O–H groups in total. The van der Waals surface area contributed by atoms with E-state index in [9.17, 15) is 8.42 Å². The number of para-hydroxylation sites is 1. The molecule has 0 radical (unpaired) electrons. The topological polar surface area (TPSA) is 73.8 Å². The van der Waals surface area contributed by atoms with Gasteiger partial charge in [-0.3, -0.25) is 4.99 Å². The molecule has 1 aromatic rings. The number of piperidine rings is 1. The number of sulfone groups is 1. The first-order valence-electron chi connectivity index (χ1n) is 9.22. The predicted molar refractivity (Wildman–Crippen MR) is 110 cm³/mol. The van der Waals surface area contributed by atoms with E-state index in [1.54, 1.807) is 27.8 Å². The molecule has 0 aromatic heterocycles. The van der Waals surface area contributed by atoms with E-state index in [0.29, 0.717) is 12.5 Å². The Morgan fingerprint density at radius 1 is 1.27 bits per heavy atom. The zero-order valence-corrected chi connectivity index (χ0v) is 17.1. The van der Waals surface area contributed by atoms with Crippen molar-refractivity contribution in [1.29, 1.82) is 0 Å². The predicted octanol–water partition coefficient (Wildman–Crippen LogP) is 2.03. The van der Waals surface area contributed by atoms with Crippen LogP contribution in [-0.4, -0.2) is 57.6 Å². The van der Waals surface area contributed by atoms with Crippen molar-refractivity contribution in [2.24, 2.45) is 4.99 Å². The van der Waals surface area contributed by atoms with Crippen molar-refractivity contribution in [1.82, 2.24) is 10.6 Å². The first-order valence-corrected chi connectivity index (χ1v) is 10.9. The van der Waals surface area contributed by atoms with Gasteiger partial charge in [0.2, 0.25) is 0 Å². The number of aliphatic imine (C=N–C) groups is 1. The maximum Gasteiger partial charge on any atom is 0.191 e. The summed E-state index contributed by atoms with van der Waals surface area (Å²) in [5.74, 6) is 0.756. The van der Waals surface area contributed by atoms with E-state index >= 15 is 0 Å². The molecule has 0 aliphatic carbocycles. The number of anilines is 1. The van der Waals surface area contributed by atoms with E-state index in [0.717, 1.165) is 25.9 Å². The maximum atomic E-state index is 12.2. The van der Waals surface area contributed by atoms with Gasteiger partial charge in [-0.1, -0.05) is 18.2 Å². The summed E-state index contributed by atoms with van der Waals surface area (Å²) < 4.78 is 23.7. The zero-order valence-electron chi connectivity index (χ0n) is 16.3. The molecule has 146 valence electrons. The van der Waals surface area contributed by atoms with Gasteiger partial charge in [0, 0.05) is 38.4 Å². The van der Waals surface area contributed by atoms with E-state index < -0.39 is 14.6 Å². The van der Waals surface area contributed by atoms with Crippen LogP contribution in [0.25, 0.3) is 0 Å². The van der Waals surface area contributed by atoms with Crippen LogP contribution in [-0.2, 0) is 9.84 Å². The van der Waals surface area contributed by atoms with Crippen LogP contribution in [0.5, 0.6) is 0 Å². The maximum absolute atomic E-state index is 12.2. The summed E-state index contributed by atoms with van der Waals surface area (Å²) >= 11 is 0. The lowest BCUT2D eigenvalue weighted by molar-refractivity contribution is 0.468. The Balaban J connectivity index is 1.86. The summed E-state index contributed by atoms with van der Waals surface area (Å²) in [5, 5.41) is 6.57. The Bertz CT molecular complexity index is 696. The minimum atomic E-state index is -3.13. The van der Waals surface area contributed by atoms with Crippen LogP contribution in [0.4, 0.5) is 5.69 Å². The molecule has 1 aliphatic rings. The molecule has 1 aliphatic heterocycles. The van der Waals surface area contributed by atoms with Crippen molar-refractivity contribution in [3.8, 4) is 0 Å². The van der Waals surface area contributed by atoms with Crippen LogP contribution in [0, 0.1) is 0 Å². The molecule has 1 atom stereocenters. The summed E-state index contributed by atoms with van der Waals surface area (Å²) in [7, 11) is -1.42. The molecule has 26 heavy (non-hydrogen) atoms. The van der Waals surface area contributed by atoms with Gasteiger partial charge >= 0.3 is 0 Å². The highest BCUT2D eigenvalue weighted by molar-refractivity contribution is 7.92. The molecule has 1 aromatic carbocycles. The van der Waals surface area contributed by atoms with E-state index in [4.69, 9.17) is 0 Å². The van der Waals surface area contributed by atoms with E-state index in [1.165, 1.54) is 5.69 Å². The molecule has 0 bridgehead atoms. The fraction of sp³-hybridized carbons (Fsp3) is 0.632. The van der Waals surface area contributed by atoms with E-state index in [1.807, 2.05) is 6.07 Å². The monoisotopic (exact) mass is 380 g/mol. The lowest BCUT2D eigenvalue weighted by Gasteiger charge is -2.35. The van der Waals surface area contributed by atoms with Crippen molar-refractivity contribution < 1.29 is 8.42 Å². The van der Waals surface area contributed by atoms with Gasteiger partial charge in [0.05, 0.1) is 10.5 Å². The van der Waals surface area contributed by atoms with Gasteiger partial charge in [-0.15, -0.1) is 0 Å². The third-order valence-corrected chi connectivity index (χ3v) is 7.31. The Kier molecular flexibility index (Phi) is 6.92. The van der Waals surface area contributed by atoms with Crippen molar-refractivity contribution >= 4 is 21.5 Å². The largest absolute Gasteiger partial charge is 0.369 e. The second-order valence-electron chi connectivity index (χ2n) is 7.70. The first-order chi connectivity index (χ1) is 12.2. The van der Waals surface area contributed by atoms with Gasteiger partial charge in [0.15, 0.2) is 15.8 Å². The highest BCUT2D eigenvalue weighted by atomic mass is 32.2. The Labute approximate surface area is 158 Å². The molecule has 7 heteroatoms. The smallest absolute Gasteiger partial charge is 0.191 e. The fourth-order valence-electron chi connectivity index (χ4n) is 2.97. The van der Waals surface area contributed by atoms with Crippen LogP contribution in [0.3, 0.4) is 0 Å². The molecule has 2 rings (SSSR count). The van der Waals surface area contributed by atoms with E-state index in [-0.39, 0.29) is 11.8 Å². The van der Waals surface area contributed by atoms with E-state index in [2.05, 4.69) is 44.8 Å². The van der Waals surface area contributed by atoms with Gasteiger partial charge in [-0.2, -0.15) is 0 Å². The van der Waals surface area contributed by atoms with Gasteiger partial charge < -0.3 is 15.5 Å². The molecular weight excluding hydrogens is 348 g/mol. The Morgan fingerprint density at radius 2 is 1.96 bits per heavy atom. The average Bonchev–Trinajstić information content (AvgIpc) is 2.61. The number of rotatable bonds is 5. The Morgan fingerprint density at radius 3 is 2.58 bits per heavy atom. The summed E-state index contributed by atoms with van der Waals surface area (Å²) in [5.41, 5.74) is 1.23. The second-order valence-corrected chi connectivity index (χ2v) is 10.6. The number of hydrogen-bond donors (Lipinski definition) is 2. The molecule has 0 saturated carbocycles. The normalized spacial score (nSPS) is 19.3. The number of nitrogens with one attached hydrogen (secondary N) is 2. The fourth-order valence-corrected chi connectivity index (χ4v) is 3.95. The molecule has 6 nitrogen and oxygen atoms in total. The quantitative estimate of drug-likeness (QED) is 0.604. The van der Waals surface area contributed by atoms with Gasteiger partial charge in [0.1, 0.15) is 0 Å². The van der Waals surface area contributed by atoms with Crippen molar-refractivity contribution in [3.63, 3.8) is 0 Å². The third kappa shape index (κ3) is 5.62. The third-order valence-electron chi connectivity index (χ3n) is 4.70. The van der Waals surface area contributed by atoms with Crippen LogP contribution in [0.15, 0.2) is 35.3 Å². The van der Waals surface area contributed by atoms with Crippen molar-refractivity contribution in [2.75, 3.05) is 37.3 Å². The number of nitrogens with zero attached hydrogens (tertiary/aromatic N) is 2. The van der Waals surface area contributed by atoms with Gasteiger partial charge in [0.25, 0.3) is 0 Å². The SMILES string of the molecule is CN=C(NCCS(=O)(=O)C(C)(C)C)NC1CCCN(c2ccccc2)C1. The minimum Gasteiger partial charge on any atom is -0.369 e. The summed E-state index contributed by atoms with van der Waals surface area (Å²) in [4.78, 5) is 6.62. The molecule has 1 saturated heterocycles. The highest BCUT2D eigenvalue weighted by Crippen LogP contribution is 2.19. The molecular formula is C19H32N4O2S. The zero-order chi connectivity index (χ0) is 19.2. The molecule has 0 amide bonds. The summed E-state index contributed by atoms with van der Waals surface area (Å²) in [6.07, 6.45) is 2.19. The lowest BCUT2D eigenvalue weighted by Crippen LogP contribution is -2.52. The van der Waals surface area contributed by atoms with Gasteiger partial charge in [-0.25, -0.2) is 8.42 Å². The molecule has 0 spiro atoms. The number of guanidine groups is 1. The Hall–Kier alpha value is -1.76. The minimum absolute atomic E-state index is 0.0952. The number of hydrogen-bond acceptors (Lipinski definition) is 4. The number of benzene rings is 1. The average molecular weight is 381 g/mol. The first kappa shape index (κ1) is 20.6. The van der Waals surface area contributed by atoms with Gasteiger partial charge in [-0.05, 0) is 45.7 Å². The summed E-state index contributed by atoms with van der Waals surface area (Å²) in [6.45, 7) is 7.51. The molecule has 1 unspecified atom stereocenters.